The lowest BCUT2D eigenvalue weighted by Gasteiger charge is -2.17. The Bertz CT molecular complexity index is 1500. The van der Waals surface area contributed by atoms with Gasteiger partial charge in [-0.05, 0) is 51.0 Å². The van der Waals surface area contributed by atoms with Crippen LogP contribution in [0, 0.1) is 12.7 Å². The highest BCUT2D eigenvalue weighted by molar-refractivity contribution is 7.20. The van der Waals surface area contributed by atoms with Crippen molar-refractivity contribution in [3.8, 4) is 5.75 Å². The number of aryl methyl sites for hydroxylation is 1. The first-order valence-electron chi connectivity index (χ1n) is 12.1. The molecule has 0 fully saturated rings. The second-order valence-corrected chi connectivity index (χ2v) is 9.46. The van der Waals surface area contributed by atoms with Crippen LogP contribution in [0.2, 0.25) is 0 Å². The van der Waals surface area contributed by atoms with E-state index < -0.39 is 47.4 Å². The minimum absolute atomic E-state index is 0.00938. The lowest BCUT2D eigenvalue weighted by molar-refractivity contribution is -0.147. The summed E-state index contributed by atoms with van der Waals surface area (Å²) in [4.78, 5) is 65.8. The van der Waals surface area contributed by atoms with Gasteiger partial charge >= 0.3 is 17.6 Å². The van der Waals surface area contributed by atoms with E-state index in [2.05, 4.69) is 0 Å². The van der Waals surface area contributed by atoms with Crippen molar-refractivity contribution in [2.24, 2.45) is 0 Å². The van der Waals surface area contributed by atoms with Crippen LogP contribution >= 0.6 is 11.3 Å². The van der Waals surface area contributed by atoms with Crippen LogP contribution in [0.25, 0.3) is 10.2 Å². The number of hydrogen-bond donors (Lipinski definition) is 0. The van der Waals surface area contributed by atoms with Crippen molar-refractivity contribution in [3.63, 3.8) is 0 Å². The predicted octanol–water partition coefficient (Wildman–Crippen LogP) is 3.64. The molecular weight excluding hydrogens is 519 g/mol. The number of ketones is 1. The van der Waals surface area contributed by atoms with Gasteiger partial charge in [0.05, 0.1) is 37.8 Å². The minimum Gasteiger partial charge on any atom is -0.496 e. The van der Waals surface area contributed by atoms with Gasteiger partial charge in [-0.25, -0.2) is 23.3 Å². The highest BCUT2D eigenvalue weighted by Crippen LogP contribution is 2.29. The number of nitrogens with zero attached hydrogens (tertiary/aromatic N) is 2. The Morgan fingerprint density at radius 1 is 1.13 bits per heavy atom. The predicted molar refractivity (Wildman–Crippen MR) is 139 cm³/mol. The van der Waals surface area contributed by atoms with Crippen LogP contribution in [0.3, 0.4) is 0 Å². The summed E-state index contributed by atoms with van der Waals surface area (Å²) in [7, 11) is 1.31. The van der Waals surface area contributed by atoms with Gasteiger partial charge in [-0.3, -0.25) is 14.2 Å². The number of esters is 2. The number of unbranched alkanes of at least 4 members (excludes halogenated alkanes) is 1. The van der Waals surface area contributed by atoms with Gasteiger partial charge in [0.2, 0.25) is 0 Å². The lowest BCUT2D eigenvalue weighted by atomic mass is 10.1. The Balaban J connectivity index is 2.25. The van der Waals surface area contributed by atoms with Crippen LogP contribution in [0.15, 0.2) is 27.8 Å². The first kappa shape index (κ1) is 28.8. The third-order valence-electron chi connectivity index (χ3n) is 5.94. The molecule has 2 aromatic heterocycles. The first-order chi connectivity index (χ1) is 18.1. The minimum atomic E-state index is -1.31. The number of halogens is 1. The Morgan fingerprint density at radius 3 is 2.47 bits per heavy atom. The molecule has 204 valence electrons. The summed E-state index contributed by atoms with van der Waals surface area (Å²) in [5, 5.41) is -0.00938. The molecule has 0 aliphatic rings. The van der Waals surface area contributed by atoms with Crippen LogP contribution < -0.4 is 16.0 Å². The normalized spacial score (nSPS) is 11.8. The number of benzene rings is 1. The molecule has 0 bridgehead atoms. The van der Waals surface area contributed by atoms with Gasteiger partial charge in [-0.2, -0.15) is 0 Å². The van der Waals surface area contributed by atoms with Crippen molar-refractivity contribution >= 4 is 39.3 Å². The monoisotopic (exact) mass is 548 g/mol. The van der Waals surface area contributed by atoms with E-state index in [1.165, 1.54) is 27.0 Å². The number of carbonyl (C=O) groups is 3. The Labute approximate surface area is 221 Å². The van der Waals surface area contributed by atoms with Crippen LogP contribution in [0.5, 0.6) is 5.75 Å². The van der Waals surface area contributed by atoms with E-state index in [4.69, 9.17) is 14.2 Å². The average molecular weight is 549 g/mol. The molecule has 2 heterocycles. The quantitative estimate of drug-likeness (QED) is 0.202. The largest absolute Gasteiger partial charge is 0.496 e. The molecule has 3 rings (SSSR count). The molecule has 0 aliphatic heterocycles. The van der Waals surface area contributed by atoms with Crippen molar-refractivity contribution in [3.05, 3.63) is 60.9 Å². The molecule has 1 unspecified atom stereocenters. The van der Waals surface area contributed by atoms with Crippen LogP contribution in [-0.2, 0) is 20.8 Å². The van der Waals surface area contributed by atoms with Gasteiger partial charge < -0.3 is 14.2 Å². The maximum absolute atomic E-state index is 13.9. The fourth-order valence-corrected chi connectivity index (χ4v) is 5.09. The van der Waals surface area contributed by atoms with E-state index in [1.807, 2.05) is 6.92 Å². The number of carbonyl (C=O) groups excluding carboxylic acids is 3. The zero-order valence-electron chi connectivity index (χ0n) is 21.8. The SMILES string of the molecule is CCCCOC(=O)C(C)n1c(=O)c2c(C)c(C(=O)OCC)sc2n(CC(=O)c2cc(F)ccc2OC)c1=O. The number of ether oxygens (including phenoxy) is 3. The molecule has 38 heavy (non-hydrogen) atoms. The molecule has 1 aromatic carbocycles. The Kier molecular flexibility index (Phi) is 9.21. The number of aromatic nitrogens is 2. The number of rotatable bonds is 11. The second kappa shape index (κ2) is 12.2. The Morgan fingerprint density at radius 2 is 1.84 bits per heavy atom. The Hall–Kier alpha value is -3.80. The van der Waals surface area contributed by atoms with Crippen LogP contribution in [-0.4, -0.2) is 47.2 Å². The molecule has 1 atom stereocenters. The number of fused-ring (bicyclic) bond motifs is 1. The molecular formula is C26H29FN2O8S. The van der Waals surface area contributed by atoms with Gasteiger partial charge in [0.1, 0.15) is 27.3 Å². The summed E-state index contributed by atoms with van der Waals surface area (Å²) in [6, 6.07) is 2.08. The van der Waals surface area contributed by atoms with Crippen LogP contribution in [0.4, 0.5) is 4.39 Å². The van der Waals surface area contributed by atoms with Crippen molar-refractivity contribution in [2.45, 2.75) is 53.1 Å². The lowest BCUT2D eigenvalue weighted by Crippen LogP contribution is -2.44. The van der Waals surface area contributed by atoms with Crippen molar-refractivity contribution < 1.29 is 33.0 Å². The smallest absolute Gasteiger partial charge is 0.348 e. The second-order valence-electron chi connectivity index (χ2n) is 8.47. The molecule has 0 aliphatic carbocycles. The van der Waals surface area contributed by atoms with E-state index in [-0.39, 0.29) is 45.2 Å². The molecule has 0 saturated carbocycles. The summed E-state index contributed by atoms with van der Waals surface area (Å²) >= 11 is 0.824. The van der Waals surface area contributed by atoms with Gasteiger partial charge in [0.15, 0.2) is 5.78 Å². The fourth-order valence-electron chi connectivity index (χ4n) is 3.91. The van der Waals surface area contributed by atoms with E-state index >= 15 is 0 Å². The summed E-state index contributed by atoms with van der Waals surface area (Å²) in [6.07, 6.45) is 1.38. The number of hydrogen-bond acceptors (Lipinski definition) is 9. The van der Waals surface area contributed by atoms with Crippen LogP contribution in [0.1, 0.15) is 65.2 Å². The summed E-state index contributed by atoms with van der Waals surface area (Å²) in [6.45, 7) is 6.00. The zero-order chi connectivity index (χ0) is 28.1. The highest BCUT2D eigenvalue weighted by Gasteiger charge is 2.29. The molecule has 0 N–H and O–H groups in total. The molecule has 0 spiro atoms. The molecule has 12 heteroatoms. The van der Waals surface area contributed by atoms with Gasteiger partial charge in [0, 0.05) is 0 Å². The third kappa shape index (κ3) is 5.54. The van der Waals surface area contributed by atoms with Crippen molar-refractivity contribution in [1.29, 1.82) is 0 Å². The molecule has 0 amide bonds. The third-order valence-corrected chi connectivity index (χ3v) is 7.23. The standard InChI is InChI=1S/C26H29FN2O8S/c1-6-8-11-37-24(32)15(4)29-22(31)20-14(3)21(25(33)36-7-2)38-23(20)28(26(29)34)13-18(30)17-12-16(27)9-10-19(17)35-5/h9-10,12,15H,6-8,11,13H2,1-5H3. The van der Waals surface area contributed by atoms with E-state index in [0.717, 1.165) is 34.5 Å². The van der Waals surface area contributed by atoms with E-state index in [9.17, 15) is 28.4 Å². The van der Waals surface area contributed by atoms with E-state index in [0.29, 0.717) is 11.0 Å². The van der Waals surface area contributed by atoms with Crippen molar-refractivity contribution in [2.75, 3.05) is 20.3 Å². The van der Waals surface area contributed by atoms with E-state index in [1.54, 1.807) is 6.92 Å². The summed E-state index contributed by atoms with van der Waals surface area (Å²) in [5.41, 5.74) is -1.63. The zero-order valence-corrected chi connectivity index (χ0v) is 22.6. The molecule has 3 aromatic rings. The molecule has 0 saturated heterocycles. The van der Waals surface area contributed by atoms with Gasteiger partial charge in [0.25, 0.3) is 5.56 Å². The first-order valence-corrected chi connectivity index (χ1v) is 12.9. The fraction of sp³-hybridized carbons (Fsp3) is 0.423. The summed E-state index contributed by atoms with van der Waals surface area (Å²) in [5.74, 6) is -2.76. The topological polar surface area (TPSA) is 123 Å². The highest BCUT2D eigenvalue weighted by atomic mass is 32.1. The molecule has 10 nitrogen and oxygen atoms in total. The molecule has 0 radical (unpaired) electrons. The maximum Gasteiger partial charge on any atom is 0.348 e. The van der Waals surface area contributed by atoms with Gasteiger partial charge in [-0.15, -0.1) is 11.3 Å². The maximum atomic E-state index is 13.9. The van der Waals surface area contributed by atoms with Crippen molar-refractivity contribution in [1.82, 2.24) is 9.13 Å². The number of thiophene rings is 1. The number of methoxy groups -OCH3 is 1. The number of Topliss-reactive ketones (excluding diaryl/α,β-unsaturated/α-hetero) is 1. The average Bonchev–Trinajstić information content (AvgIpc) is 3.23. The van der Waals surface area contributed by atoms with Gasteiger partial charge in [-0.1, -0.05) is 13.3 Å². The summed E-state index contributed by atoms with van der Waals surface area (Å²) < 4.78 is 31.1.